The van der Waals surface area contributed by atoms with Gasteiger partial charge in [-0.3, -0.25) is 0 Å². The van der Waals surface area contributed by atoms with Crippen LogP contribution in [0.5, 0.6) is 0 Å². The van der Waals surface area contributed by atoms with Crippen molar-refractivity contribution in [1.82, 2.24) is 0 Å². The highest BCUT2D eigenvalue weighted by Gasteiger charge is 2.09. The monoisotopic (exact) mass is 822 g/mol. The molecule has 0 spiro atoms. The molecule has 0 heteroatoms. The van der Waals surface area contributed by atoms with Gasteiger partial charge in [0.1, 0.15) is 0 Å². The van der Waals surface area contributed by atoms with Crippen LogP contribution in [0.25, 0.3) is 76.8 Å². The molecule has 0 aliphatic carbocycles. The van der Waals surface area contributed by atoms with Crippen LogP contribution in [0.3, 0.4) is 0 Å². The molecule has 0 fully saturated rings. The van der Waals surface area contributed by atoms with Crippen LogP contribution in [0.15, 0.2) is 255 Å². The van der Waals surface area contributed by atoms with Gasteiger partial charge in [0.05, 0.1) is 0 Å². The molecule has 11 aromatic carbocycles. The third kappa shape index (κ3) is 10.8. The van der Waals surface area contributed by atoms with Crippen LogP contribution in [0.1, 0.15) is 22.3 Å². The van der Waals surface area contributed by atoms with Crippen molar-refractivity contribution in [1.29, 1.82) is 0 Å². The lowest BCUT2D eigenvalue weighted by Crippen LogP contribution is -1.86. The van der Waals surface area contributed by atoms with E-state index in [4.69, 9.17) is 0 Å². The minimum absolute atomic E-state index is 1.27. The zero-order chi connectivity index (χ0) is 44.1. The third-order valence-corrected chi connectivity index (χ3v) is 11.6. The molecule has 0 radical (unpaired) electrons. The van der Waals surface area contributed by atoms with Crippen LogP contribution in [-0.4, -0.2) is 0 Å². The Hall–Kier alpha value is -7.80. The molecule has 11 aromatic rings. The SMILES string of the molecule is Cc1ccc(-c2cc3ccccc3c3ccccc23)cc1.Cc1ccc(-c2ccc3ccccc3c2)cc1.Cc1ccc(-c2ccccc2)c(-c2ccccc2)c1.Cc1ccccc1. The molecule has 0 N–H and O–H groups in total. The van der Waals surface area contributed by atoms with Gasteiger partial charge in [-0.1, -0.05) is 265 Å². The molecular formula is C64H54. The highest BCUT2D eigenvalue weighted by atomic mass is 14.1. The average Bonchev–Trinajstić information content (AvgIpc) is 3.35. The van der Waals surface area contributed by atoms with Gasteiger partial charge in [-0.15, -0.1) is 0 Å². The number of hydrogen-bond acceptors (Lipinski definition) is 0. The summed E-state index contributed by atoms with van der Waals surface area (Å²) in [5.74, 6) is 0. The summed E-state index contributed by atoms with van der Waals surface area (Å²) in [5.41, 5.74) is 15.5. The summed E-state index contributed by atoms with van der Waals surface area (Å²) in [6, 6.07) is 90.2. The number of aryl methyl sites for hydroxylation is 4. The van der Waals surface area contributed by atoms with E-state index in [0.717, 1.165) is 0 Å². The zero-order valence-corrected chi connectivity index (χ0v) is 37.2. The van der Waals surface area contributed by atoms with E-state index in [-0.39, 0.29) is 0 Å². The Kier molecular flexibility index (Phi) is 14.0. The Morgan fingerprint density at radius 1 is 0.188 bits per heavy atom. The third-order valence-electron chi connectivity index (χ3n) is 11.6. The molecule has 0 heterocycles. The van der Waals surface area contributed by atoms with Gasteiger partial charge in [0.25, 0.3) is 0 Å². The predicted molar refractivity (Wildman–Crippen MR) is 279 cm³/mol. The molecule has 0 aromatic heterocycles. The van der Waals surface area contributed by atoms with Crippen LogP contribution in [-0.2, 0) is 0 Å². The van der Waals surface area contributed by atoms with Crippen molar-refractivity contribution in [3.05, 3.63) is 277 Å². The van der Waals surface area contributed by atoms with E-state index >= 15 is 0 Å². The van der Waals surface area contributed by atoms with Crippen LogP contribution in [0.2, 0.25) is 0 Å². The Bertz CT molecular complexity index is 3200. The number of fused-ring (bicyclic) bond motifs is 4. The standard InChI is InChI=1S/C21H16.C19H16.C17H14.C7H8/c1-15-10-12-16(13-11-15)21-14-17-6-2-3-7-18(17)19-8-4-5-9-20(19)21;1-15-12-13-18(16-8-4-2-5-9-16)19(14-15)17-10-6-3-7-11-17;1-13-6-8-15(9-7-13)17-11-10-14-4-2-3-5-16(14)12-17;1-7-5-3-2-4-6-7/h2-14H,1H3;2-14H,1H3;2-12H,1H3;2-6H,1H3. The van der Waals surface area contributed by atoms with Gasteiger partial charge in [-0.25, -0.2) is 0 Å². The highest BCUT2D eigenvalue weighted by Crippen LogP contribution is 2.35. The minimum atomic E-state index is 1.27. The van der Waals surface area contributed by atoms with Crippen molar-refractivity contribution in [3.8, 4) is 44.5 Å². The molecule has 0 nitrogen and oxygen atoms in total. The van der Waals surface area contributed by atoms with Crippen LogP contribution < -0.4 is 0 Å². The van der Waals surface area contributed by atoms with Gasteiger partial charge in [-0.2, -0.15) is 0 Å². The maximum absolute atomic E-state index is 2.31. The van der Waals surface area contributed by atoms with Gasteiger partial charge in [0, 0.05) is 0 Å². The van der Waals surface area contributed by atoms with Crippen LogP contribution >= 0.6 is 0 Å². The van der Waals surface area contributed by atoms with Gasteiger partial charge in [0.2, 0.25) is 0 Å². The first-order valence-electron chi connectivity index (χ1n) is 22.2. The normalized spacial score (nSPS) is 10.5. The topological polar surface area (TPSA) is 0 Å². The van der Waals surface area contributed by atoms with Crippen LogP contribution in [0, 0.1) is 27.7 Å². The fourth-order valence-corrected chi connectivity index (χ4v) is 8.06. The lowest BCUT2D eigenvalue weighted by Gasteiger charge is -2.11. The van der Waals surface area contributed by atoms with E-state index < -0.39 is 0 Å². The van der Waals surface area contributed by atoms with E-state index in [9.17, 15) is 0 Å². The average molecular weight is 823 g/mol. The van der Waals surface area contributed by atoms with Crippen molar-refractivity contribution >= 4 is 32.3 Å². The Morgan fingerprint density at radius 2 is 0.609 bits per heavy atom. The first-order chi connectivity index (χ1) is 31.4. The Balaban J connectivity index is 0.000000122. The lowest BCUT2D eigenvalue weighted by molar-refractivity contribution is 1.46. The second kappa shape index (κ2) is 20.8. The van der Waals surface area contributed by atoms with Gasteiger partial charge in [0.15, 0.2) is 0 Å². The Morgan fingerprint density at radius 3 is 1.20 bits per heavy atom. The number of benzene rings is 11. The van der Waals surface area contributed by atoms with E-state index in [2.05, 4.69) is 264 Å². The first kappa shape index (κ1) is 42.9. The molecule has 0 aliphatic heterocycles. The molecule has 0 unspecified atom stereocenters. The van der Waals surface area contributed by atoms with Crippen molar-refractivity contribution < 1.29 is 0 Å². The molecule has 64 heavy (non-hydrogen) atoms. The van der Waals surface area contributed by atoms with E-state index in [0.29, 0.717) is 0 Å². The molecule has 0 amide bonds. The molecule has 0 atom stereocenters. The lowest BCUT2D eigenvalue weighted by atomic mass is 9.93. The number of rotatable bonds is 4. The van der Waals surface area contributed by atoms with Crippen molar-refractivity contribution in [2.24, 2.45) is 0 Å². The highest BCUT2D eigenvalue weighted by molar-refractivity contribution is 6.13. The molecule has 0 saturated carbocycles. The molecule has 11 rings (SSSR count). The second-order valence-electron chi connectivity index (χ2n) is 16.4. The smallest absolute Gasteiger partial charge is 0.00990 e. The van der Waals surface area contributed by atoms with Crippen LogP contribution in [0.4, 0.5) is 0 Å². The van der Waals surface area contributed by atoms with E-state index in [1.54, 1.807) is 0 Å². The van der Waals surface area contributed by atoms with Gasteiger partial charge < -0.3 is 0 Å². The van der Waals surface area contributed by atoms with Gasteiger partial charge in [-0.05, 0) is 117 Å². The van der Waals surface area contributed by atoms with Gasteiger partial charge >= 0.3 is 0 Å². The van der Waals surface area contributed by atoms with Crippen molar-refractivity contribution in [2.75, 3.05) is 0 Å². The molecule has 310 valence electrons. The first-order valence-corrected chi connectivity index (χ1v) is 22.2. The van der Waals surface area contributed by atoms with E-state index in [1.165, 1.54) is 99.1 Å². The second-order valence-corrected chi connectivity index (χ2v) is 16.4. The predicted octanol–water partition coefficient (Wildman–Crippen LogP) is 18.1. The quantitative estimate of drug-likeness (QED) is 0.155. The maximum atomic E-state index is 2.31. The van der Waals surface area contributed by atoms with Crippen molar-refractivity contribution in [3.63, 3.8) is 0 Å². The minimum Gasteiger partial charge on any atom is -0.0622 e. The summed E-state index contributed by atoms with van der Waals surface area (Å²) in [5, 5.41) is 7.86. The fraction of sp³-hybridized carbons (Fsp3) is 0.0625. The summed E-state index contributed by atoms with van der Waals surface area (Å²) < 4.78 is 0. The Labute approximate surface area is 379 Å². The summed E-state index contributed by atoms with van der Waals surface area (Å²) in [4.78, 5) is 0. The molecular weight excluding hydrogens is 769 g/mol. The van der Waals surface area contributed by atoms with Crippen molar-refractivity contribution in [2.45, 2.75) is 27.7 Å². The molecule has 0 saturated heterocycles. The number of hydrogen-bond donors (Lipinski definition) is 0. The largest absolute Gasteiger partial charge is 0.0622 e. The molecule has 0 aliphatic rings. The zero-order valence-electron chi connectivity index (χ0n) is 37.2. The van der Waals surface area contributed by atoms with E-state index in [1.807, 2.05) is 18.2 Å². The summed E-state index contributed by atoms with van der Waals surface area (Å²) in [6.07, 6.45) is 0. The maximum Gasteiger partial charge on any atom is -0.00990 e. The summed E-state index contributed by atoms with van der Waals surface area (Å²) in [6.45, 7) is 8.47. The fourth-order valence-electron chi connectivity index (χ4n) is 8.06. The molecule has 0 bridgehead atoms. The summed E-state index contributed by atoms with van der Waals surface area (Å²) >= 11 is 0. The summed E-state index contributed by atoms with van der Waals surface area (Å²) in [7, 11) is 0.